The summed E-state index contributed by atoms with van der Waals surface area (Å²) in [6.07, 6.45) is 0. The first-order valence-corrected chi connectivity index (χ1v) is 4.41. The molecule has 0 heterocycles. The summed E-state index contributed by atoms with van der Waals surface area (Å²) in [6.45, 7) is 3.78. The van der Waals surface area contributed by atoms with E-state index in [1.54, 1.807) is 0 Å². The third-order valence-electron chi connectivity index (χ3n) is 2.15. The van der Waals surface area contributed by atoms with E-state index in [2.05, 4.69) is 10.0 Å². The third kappa shape index (κ3) is 2.25. The van der Waals surface area contributed by atoms with Gasteiger partial charge in [0.2, 0.25) is 0 Å². The fraction of sp³-hybridized carbons (Fsp3) is 0.400. The summed E-state index contributed by atoms with van der Waals surface area (Å²) in [7, 11) is 0. The number of azide groups is 1. The maximum atomic E-state index is 9.04. The van der Waals surface area contributed by atoms with Crippen LogP contribution in [-0.2, 0) is 0 Å². The lowest BCUT2D eigenvalue weighted by Crippen LogP contribution is -2.02. The van der Waals surface area contributed by atoms with E-state index < -0.39 is 6.04 Å². The fourth-order valence-electron chi connectivity index (χ4n) is 1.46. The Labute approximate surface area is 82.8 Å². The molecule has 0 aliphatic carbocycles. The minimum Gasteiger partial charge on any atom is -0.396 e. The average molecular weight is 191 g/mol. The SMILES string of the molecule is Cc1ccc(C(CO)N=[N+]=[N-])c(C)c1. The fourth-order valence-corrected chi connectivity index (χ4v) is 1.46. The normalized spacial score (nSPS) is 11.9. The van der Waals surface area contributed by atoms with Crippen LogP contribution < -0.4 is 0 Å². The van der Waals surface area contributed by atoms with Crippen LogP contribution in [0.4, 0.5) is 0 Å². The summed E-state index contributed by atoms with van der Waals surface area (Å²) >= 11 is 0. The molecule has 4 heteroatoms. The summed E-state index contributed by atoms with van der Waals surface area (Å²) in [5.74, 6) is 0. The zero-order chi connectivity index (χ0) is 10.6. The van der Waals surface area contributed by atoms with Gasteiger partial charge in [-0.25, -0.2) is 0 Å². The number of benzene rings is 1. The lowest BCUT2D eigenvalue weighted by Gasteiger charge is -2.11. The van der Waals surface area contributed by atoms with Crippen molar-refractivity contribution in [1.82, 2.24) is 0 Å². The number of aryl methyl sites for hydroxylation is 2. The van der Waals surface area contributed by atoms with Crippen LogP contribution in [0.5, 0.6) is 0 Å². The quantitative estimate of drug-likeness (QED) is 0.445. The summed E-state index contributed by atoms with van der Waals surface area (Å²) in [5.41, 5.74) is 11.4. The molecule has 1 unspecified atom stereocenters. The van der Waals surface area contributed by atoms with Crippen LogP contribution in [0.1, 0.15) is 22.7 Å². The molecule has 14 heavy (non-hydrogen) atoms. The average Bonchev–Trinajstić information content (AvgIpc) is 2.15. The van der Waals surface area contributed by atoms with Crippen molar-refractivity contribution in [3.05, 3.63) is 45.3 Å². The first-order chi connectivity index (χ1) is 6.69. The summed E-state index contributed by atoms with van der Waals surface area (Å²) < 4.78 is 0. The molecule has 0 aliphatic heterocycles. The van der Waals surface area contributed by atoms with E-state index in [4.69, 9.17) is 10.6 Å². The minimum absolute atomic E-state index is 0.159. The number of nitrogens with zero attached hydrogens (tertiary/aromatic N) is 3. The molecule has 0 aromatic heterocycles. The van der Waals surface area contributed by atoms with Gasteiger partial charge >= 0.3 is 0 Å². The van der Waals surface area contributed by atoms with Gasteiger partial charge in [0.15, 0.2) is 0 Å². The standard InChI is InChI=1S/C10H13N3O/c1-7-3-4-9(8(2)5-7)10(6-14)12-13-11/h3-5,10,14H,6H2,1-2H3. The summed E-state index contributed by atoms with van der Waals surface area (Å²) in [5, 5.41) is 12.6. The lowest BCUT2D eigenvalue weighted by atomic mass is 10.0. The highest BCUT2D eigenvalue weighted by molar-refractivity contribution is 5.32. The van der Waals surface area contributed by atoms with Crippen LogP contribution in [0.2, 0.25) is 0 Å². The Bertz CT molecular complexity index is 370. The Balaban J connectivity index is 3.10. The molecule has 74 valence electrons. The van der Waals surface area contributed by atoms with Crippen molar-refractivity contribution in [2.75, 3.05) is 6.61 Å². The molecular formula is C10H13N3O. The first kappa shape index (κ1) is 10.6. The van der Waals surface area contributed by atoms with Gasteiger partial charge in [0.25, 0.3) is 0 Å². The van der Waals surface area contributed by atoms with Crippen molar-refractivity contribution in [3.63, 3.8) is 0 Å². The molecule has 1 aromatic rings. The second-order valence-corrected chi connectivity index (χ2v) is 3.26. The van der Waals surface area contributed by atoms with Gasteiger partial charge < -0.3 is 5.11 Å². The number of aliphatic hydroxyl groups excluding tert-OH is 1. The van der Waals surface area contributed by atoms with Gasteiger partial charge in [0, 0.05) is 4.91 Å². The maximum absolute atomic E-state index is 9.04. The van der Waals surface area contributed by atoms with Crippen molar-refractivity contribution in [3.8, 4) is 0 Å². The zero-order valence-electron chi connectivity index (χ0n) is 8.31. The minimum atomic E-state index is -0.472. The predicted molar refractivity (Wildman–Crippen MR) is 54.9 cm³/mol. The molecular weight excluding hydrogens is 178 g/mol. The van der Waals surface area contributed by atoms with Gasteiger partial charge in [0.05, 0.1) is 12.6 Å². The molecule has 1 rings (SSSR count). The van der Waals surface area contributed by atoms with Crippen LogP contribution in [-0.4, -0.2) is 11.7 Å². The van der Waals surface area contributed by atoms with E-state index >= 15 is 0 Å². The summed E-state index contributed by atoms with van der Waals surface area (Å²) in [4.78, 5) is 2.71. The molecule has 0 saturated carbocycles. The second kappa shape index (κ2) is 4.65. The van der Waals surface area contributed by atoms with Crippen molar-refractivity contribution in [1.29, 1.82) is 0 Å². The zero-order valence-corrected chi connectivity index (χ0v) is 8.31. The van der Waals surface area contributed by atoms with E-state index in [9.17, 15) is 0 Å². The molecule has 0 fully saturated rings. The van der Waals surface area contributed by atoms with E-state index in [-0.39, 0.29) is 6.61 Å². The molecule has 0 bridgehead atoms. The molecule has 0 aliphatic rings. The molecule has 0 spiro atoms. The third-order valence-corrected chi connectivity index (χ3v) is 2.15. The number of aliphatic hydroxyl groups is 1. The molecule has 1 atom stereocenters. The van der Waals surface area contributed by atoms with Gasteiger partial charge in [-0.15, -0.1) is 0 Å². The molecule has 4 nitrogen and oxygen atoms in total. The molecule has 1 aromatic carbocycles. The Morgan fingerprint density at radius 3 is 2.71 bits per heavy atom. The second-order valence-electron chi connectivity index (χ2n) is 3.26. The first-order valence-electron chi connectivity index (χ1n) is 4.41. The van der Waals surface area contributed by atoms with Crippen LogP contribution in [0.3, 0.4) is 0 Å². The molecule has 1 N–H and O–H groups in total. The van der Waals surface area contributed by atoms with Gasteiger partial charge in [-0.3, -0.25) is 0 Å². The van der Waals surface area contributed by atoms with Crippen LogP contribution in [0.15, 0.2) is 23.3 Å². The van der Waals surface area contributed by atoms with Crippen LogP contribution in [0.25, 0.3) is 10.4 Å². The van der Waals surface area contributed by atoms with Crippen molar-refractivity contribution in [2.24, 2.45) is 5.11 Å². The molecule has 0 saturated heterocycles. The Morgan fingerprint density at radius 1 is 1.50 bits per heavy atom. The lowest BCUT2D eigenvalue weighted by molar-refractivity contribution is 0.267. The van der Waals surface area contributed by atoms with E-state index in [0.717, 1.165) is 16.7 Å². The number of hydrogen-bond acceptors (Lipinski definition) is 2. The van der Waals surface area contributed by atoms with Gasteiger partial charge in [-0.1, -0.05) is 28.9 Å². The van der Waals surface area contributed by atoms with Crippen molar-refractivity contribution < 1.29 is 5.11 Å². The van der Waals surface area contributed by atoms with Gasteiger partial charge in [-0.2, -0.15) is 0 Å². The molecule has 0 amide bonds. The highest BCUT2D eigenvalue weighted by atomic mass is 16.3. The highest BCUT2D eigenvalue weighted by Crippen LogP contribution is 2.21. The van der Waals surface area contributed by atoms with Gasteiger partial charge in [0.1, 0.15) is 0 Å². The topological polar surface area (TPSA) is 69.0 Å². The Kier molecular flexibility index (Phi) is 3.51. The van der Waals surface area contributed by atoms with Crippen LogP contribution >= 0.6 is 0 Å². The monoisotopic (exact) mass is 191 g/mol. The van der Waals surface area contributed by atoms with Gasteiger partial charge in [-0.05, 0) is 30.5 Å². The maximum Gasteiger partial charge on any atom is 0.0858 e. The van der Waals surface area contributed by atoms with Crippen LogP contribution in [0, 0.1) is 13.8 Å². The van der Waals surface area contributed by atoms with E-state index in [0.29, 0.717) is 0 Å². The Morgan fingerprint density at radius 2 is 2.21 bits per heavy atom. The van der Waals surface area contributed by atoms with E-state index in [1.165, 1.54) is 0 Å². The van der Waals surface area contributed by atoms with Crippen molar-refractivity contribution in [2.45, 2.75) is 19.9 Å². The van der Waals surface area contributed by atoms with Crippen molar-refractivity contribution >= 4 is 0 Å². The Hall–Kier alpha value is -1.51. The smallest absolute Gasteiger partial charge is 0.0858 e. The predicted octanol–water partition coefficient (Wildman–Crippen LogP) is 2.65. The molecule has 0 radical (unpaired) electrons. The number of hydrogen-bond donors (Lipinski definition) is 1. The summed E-state index contributed by atoms with van der Waals surface area (Å²) in [6, 6.07) is 5.36. The largest absolute Gasteiger partial charge is 0.396 e. The number of rotatable bonds is 3. The highest BCUT2D eigenvalue weighted by Gasteiger charge is 2.10. The van der Waals surface area contributed by atoms with E-state index in [1.807, 2.05) is 32.0 Å².